The molecule has 0 aromatic carbocycles. The number of aryl methyl sites for hydroxylation is 1. The van der Waals surface area contributed by atoms with Gasteiger partial charge in [-0.25, -0.2) is 9.97 Å². The van der Waals surface area contributed by atoms with Crippen LogP contribution in [-0.2, 0) is 19.3 Å². The number of hydrogen-bond donors (Lipinski definition) is 2. The summed E-state index contributed by atoms with van der Waals surface area (Å²) in [6.07, 6.45) is 6.81. The van der Waals surface area contributed by atoms with Crippen molar-refractivity contribution in [1.29, 1.82) is 0 Å². The van der Waals surface area contributed by atoms with Crippen molar-refractivity contribution in [2.24, 2.45) is 5.92 Å². The van der Waals surface area contributed by atoms with Gasteiger partial charge in [-0.3, -0.25) is 0 Å². The fourth-order valence-electron chi connectivity index (χ4n) is 2.95. The van der Waals surface area contributed by atoms with E-state index in [1.165, 1.54) is 30.5 Å². The first-order chi connectivity index (χ1) is 8.33. The third-order valence-electron chi connectivity index (χ3n) is 3.94. The second-order valence-corrected chi connectivity index (χ2v) is 5.20. The molecule has 2 aliphatic rings. The van der Waals surface area contributed by atoms with Crippen LogP contribution in [-0.4, -0.2) is 23.1 Å². The van der Waals surface area contributed by atoms with Gasteiger partial charge in [0.15, 0.2) is 0 Å². The molecule has 0 unspecified atom stereocenters. The number of nitrogens with zero attached hydrogens (tertiary/aromatic N) is 2. The SMILES string of the molecule is Nc1nc(CC2CCNCC2)nc2c1CCC2. The lowest BCUT2D eigenvalue weighted by molar-refractivity contribution is 0.367. The summed E-state index contributed by atoms with van der Waals surface area (Å²) in [5.41, 5.74) is 8.43. The largest absolute Gasteiger partial charge is 0.383 e. The molecule has 0 radical (unpaired) electrons. The van der Waals surface area contributed by atoms with E-state index in [2.05, 4.69) is 10.3 Å². The Morgan fingerprint density at radius 2 is 2.00 bits per heavy atom. The van der Waals surface area contributed by atoms with Crippen LogP contribution in [0, 0.1) is 5.92 Å². The first kappa shape index (κ1) is 11.0. The number of nitrogens with one attached hydrogen (secondary N) is 1. The van der Waals surface area contributed by atoms with Gasteiger partial charge in [-0.1, -0.05) is 0 Å². The van der Waals surface area contributed by atoms with Crippen LogP contribution in [0.1, 0.15) is 36.3 Å². The number of nitrogens with two attached hydrogens (primary N) is 1. The van der Waals surface area contributed by atoms with Crippen LogP contribution >= 0.6 is 0 Å². The average molecular weight is 232 g/mol. The second-order valence-electron chi connectivity index (χ2n) is 5.20. The quantitative estimate of drug-likeness (QED) is 0.801. The van der Waals surface area contributed by atoms with Crippen LogP contribution in [0.3, 0.4) is 0 Å². The van der Waals surface area contributed by atoms with Gasteiger partial charge in [0.2, 0.25) is 0 Å². The predicted molar refractivity (Wildman–Crippen MR) is 67.8 cm³/mol. The normalized spacial score (nSPS) is 20.5. The molecule has 0 amide bonds. The van der Waals surface area contributed by atoms with Gasteiger partial charge < -0.3 is 11.1 Å². The van der Waals surface area contributed by atoms with Crippen molar-refractivity contribution < 1.29 is 0 Å². The minimum atomic E-state index is 0.732. The van der Waals surface area contributed by atoms with Gasteiger partial charge in [-0.05, 0) is 51.1 Å². The number of piperidine rings is 1. The molecule has 1 fully saturated rings. The monoisotopic (exact) mass is 232 g/mol. The molecule has 0 saturated carbocycles. The Kier molecular flexibility index (Phi) is 2.97. The van der Waals surface area contributed by atoms with E-state index in [-0.39, 0.29) is 0 Å². The highest BCUT2D eigenvalue weighted by atomic mass is 15.0. The van der Waals surface area contributed by atoms with Gasteiger partial charge in [0.1, 0.15) is 11.6 Å². The molecule has 92 valence electrons. The van der Waals surface area contributed by atoms with Crippen LogP contribution in [0.5, 0.6) is 0 Å². The Hall–Kier alpha value is -1.16. The average Bonchev–Trinajstić information content (AvgIpc) is 2.79. The summed E-state index contributed by atoms with van der Waals surface area (Å²) in [6, 6.07) is 0. The molecule has 0 atom stereocenters. The molecule has 17 heavy (non-hydrogen) atoms. The maximum absolute atomic E-state index is 6.01. The van der Waals surface area contributed by atoms with Crippen molar-refractivity contribution in [2.45, 2.75) is 38.5 Å². The van der Waals surface area contributed by atoms with E-state index in [0.717, 1.165) is 49.9 Å². The Morgan fingerprint density at radius 3 is 2.82 bits per heavy atom. The molecule has 4 nitrogen and oxygen atoms in total. The van der Waals surface area contributed by atoms with Gasteiger partial charge >= 0.3 is 0 Å². The minimum Gasteiger partial charge on any atom is -0.383 e. The summed E-state index contributed by atoms with van der Waals surface area (Å²) in [5.74, 6) is 2.43. The molecule has 1 saturated heterocycles. The standard InChI is InChI=1S/C13H20N4/c14-13-10-2-1-3-11(10)16-12(17-13)8-9-4-6-15-7-5-9/h9,15H,1-8H2,(H2,14,16,17). The Labute approximate surface area is 102 Å². The van der Waals surface area contributed by atoms with E-state index in [1.807, 2.05) is 0 Å². The number of fused-ring (bicyclic) bond motifs is 1. The summed E-state index contributed by atoms with van der Waals surface area (Å²) < 4.78 is 0. The fourth-order valence-corrected chi connectivity index (χ4v) is 2.95. The zero-order chi connectivity index (χ0) is 11.7. The first-order valence-electron chi connectivity index (χ1n) is 6.68. The van der Waals surface area contributed by atoms with Gasteiger partial charge in [0.25, 0.3) is 0 Å². The second kappa shape index (κ2) is 4.61. The molecular weight excluding hydrogens is 212 g/mol. The molecule has 1 aromatic heterocycles. The summed E-state index contributed by atoms with van der Waals surface area (Å²) in [5, 5.41) is 3.39. The summed E-state index contributed by atoms with van der Waals surface area (Å²) in [4.78, 5) is 9.18. The van der Waals surface area contributed by atoms with Crippen molar-refractivity contribution in [1.82, 2.24) is 15.3 Å². The van der Waals surface area contributed by atoms with Crippen molar-refractivity contribution in [3.63, 3.8) is 0 Å². The Morgan fingerprint density at radius 1 is 1.18 bits per heavy atom. The van der Waals surface area contributed by atoms with Gasteiger partial charge in [0.05, 0.1) is 0 Å². The van der Waals surface area contributed by atoms with Crippen molar-refractivity contribution in [2.75, 3.05) is 18.8 Å². The summed E-state index contributed by atoms with van der Waals surface area (Å²) >= 11 is 0. The van der Waals surface area contributed by atoms with E-state index >= 15 is 0 Å². The molecule has 4 heteroatoms. The molecule has 1 aliphatic heterocycles. The van der Waals surface area contributed by atoms with Crippen LogP contribution < -0.4 is 11.1 Å². The van der Waals surface area contributed by atoms with E-state index in [0.29, 0.717) is 0 Å². The summed E-state index contributed by atoms with van der Waals surface area (Å²) in [7, 11) is 0. The smallest absolute Gasteiger partial charge is 0.131 e. The summed E-state index contributed by atoms with van der Waals surface area (Å²) in [6.45, 7) is 2.26. The van der Waals surface area contributed by atoms with Crippen LogP contribution in [0.25, 0.3) is 0 Å². The van der Waals surface area contributed by atoms with Crippen molar-refractivity contribution in [3.8, 4) is 0 Å². The van der Waals surface area contributed by atoms with Gasteiger partial charge in [-0.15, -0.1) is 0 Å². The highest BCUT2D eigenvalue weighted by molar-refractivity contribution is 5.44. The van der Waals surface area contributed by atoms with Crippen LogP contribution in [0.15, 0.2) is 0 Å². The molecule has 1 aromatic rings. The third-order valence-corrected chi connectivity index (χ3v) is 3.94. The first-order valence-corrected chi connectivity index (χ1v) is 6.68. The molecule has 0 bridgehead atoms. The van der Waals surface area contributed by atoms with E-state index < -0.39 is 0 Å². The fraction of sp³-hybridized carbons (Fsp3) is 0.692. The number of nitrogen functional groups attached to an aromatic ring is 1. The van der Waals surface area contributed by atoms with E-state index in [9.17, 15) is 0 Å². The molecule has 3 N–H and O–H groups in total. The van der Waals surface area contributed by atoms with Gasteiger partial charge in [-0.2, -0.15) is 0 Å². The number of hydrogen-bond acceptors (Lipinski definition) is 4. The lowest BCUT2D eigenvalue weighted by atomic mass is 9.94. The Balaban J connectivity index is 1.76. The number of aromatic nitrogens is 2. The Bertz CT molecular complexity index is 410. The van der Waals surface area contributed by atoms with Crippen molar-refractivity contribution in [3.05, 3.63) is 17.1 Å². The lowest BCUT2D eigenvalue weighted by Crippen LogP contribution is -2.29. The molecule has 1 aliphatic carbocycles. The zero-order valence-corrected chi connectivity index (χ0v) is 10.2. The topological polar surface area (TPSA) is 63.8 Å². The molecule has 0 spiro atoms. The number of anilines is 1. The maximum atomic E-state index is 6.01. The van der Waals surface area contributed by atoms with E-state index in [4.69, 9.17) is 10.7 Å². The number of rotatable bonds is 2. The van der Waals surface area contributed by atoms with E-state index in [1.54, 1.807) is 0 Å². The molecule has 3 rings (SSSR count). The molecular formula is C13H20N4. The highest BCUT2D eigenvalue weighted by Crippen LogP contribution is 2.25. The van der Waals surface area contributed by atoms with Gasteiger partial charge in [0, 0.05) is 17.7 Å². The highest BCUT2D eigenvalue weighted by Gasteiger charge is 2.20. The van der Waals surface area contributed by atoms with Crippen LogP contribution in [0.2, 0.25) is 0 Å². The lowest BCUT2D eigenvalue weighted by Gasteiger charge is -2.22. The molecule has 2 heterocycles. The minimum absolute atomic E-state index is 0.732. The third kappa shape index (κ3) is 2.27. The van der Waals surface area contributed by atoms with Crippen molar-refractivity contribution >= 4 is 5.82 Å². The van der Waals surface area contributed by atoms with Crippen LogP contribution in [0.4, 0.5) is 5.82 Å². The maximum Gasteiger partial charge on any atom is 0.131 e. The predicted octanol–water partition coefficient (Wildman–Crippen LogP) is 1.09. The zero-order valence-electron chi connectivity index (χ0n) is 10.2.